The Morgan fingerprint density at radius 1 is 0.844 bits per heavy atom. The van der Waals surface area contributed by atoms with Crippen LogP contribution in [0.5, 0.6) is 0 Å². The van der Waals surface area contributed by atoms with E-state index in [1.165, 1.54) is 18.6 Å². The Kier molecular flexibility index (Phi) is 8.68. The van der Waals surface area contributed by atoms with Crippen LogP contribution in [0, 0.1) is 0 Å². The molecule has 6 rings (SSSR count). The second kappa shape index (κ2) is 13.0. The summed E-state index contributed by atoms with van der Waals surface area (Å²) in [6.07, 6.45) is 3.48. The number of rotatable bonds is 9. The third-order valence-electron chi connectivity index (χ3n) is 8.09. The summed E-state index contributed by atoms with van der Waals surface area (Å²) < 4.78 is 28.7. The molecule has 0 spiro atoms. The van der Waals surface area contributed by atoms with Gasteiger partial charge in [0.1, 0.15) is 0 Å². The van der Waals surface area contributed by atoms with Crippen LogP contribution in [-0.2, 0) is 19.6 Å². The Hall–Kier alpha value is -4.93. The Morgan fingerprint density at radius 2 is 1.49 bits per heavy atom. The van der Waals surface area contributed by atoms with Crippen LogP contribution < -0.4 is 20.3 Å². The number of likely N-dealkylation sites (tertiary alicyclic amines) is 1. The zero-order valence-corrected chi connectivity index (χ0v) is 25.8. The number of fused-ring (bicyclic) bond motifs is 1. The van der Waals surface area contributed by atoms with Gasteiger partial charge in [-0.05, 0) is 86.1 Å². The van der Waals surface area contributed by atoms with E-state index in [2.05, 4.69) is 20.3 Å². The lowest BCUT2D eigenvalue weighted by atomic mass is 9.99. The van der Waals surface area contributed by atoms with Gasteiger partial charge in [0.15, 0.2) is 0 Å². The quantitative estimate of drug-likeness (QED) is 0.202. The van der Waals surface area contributed by atoms with Crippen molar-refractivity contribution in [2.45, 2.75) is 24.2 Å². The highest BCUT2D eigenvalue weighted by Gasteiger charge is 2.29. The molecule has 9 nitrogen and oxygen atoms in total. The fourth-order valence-corrected chi connectivity index (χ4v) is 6.72. The van der Waals surface area contributed by atoms with E-state index in [0.717, 1.165) is 42.9 Å². The molecular formula is C35H35N5O4S. The maximum Gasteiger partial charge on any atom is 0.261 e. The summed E-state index contributed by atoms with van der Waals surface area (Å²) in [5, 5.41) is 6.34. The van der Waals surface area contributed by atoms with Crippen LogP contribution in [0.15, 0.2) is 108 Å². The molecule has 2 aliphatic rings. The van der Waals surface area contributed by atoms with Crippen molar-refractivity contribution in [3.05, 3.63) is 114 Å². The van der Waals surface area contributed by atoms with Gasteiger partial charge in [0.2, 0.25) is 5.91 Å². The summed E-state index contributed by atoms with van der Waals surface area (Å²) in [6, 6.07) is 30.1. The van der Waals surface area contributed by atoms with Crippen molar-refractivity contribution in [2.24, 2.45) is 0 Å². The first kappa shape index (κ1) is 30.1. The maximum atomic E-state index is 13.4. The summed E-state index contributed by atoms with van der Waals surface area (Å²) in [4.78, 5) is 30.4. The minimum absolute atomic E-state index is 0.0441. The van der Waals surface area contributed by atoms with E-state index in [1.807, 2.05) is 54.6 Å². The first-order chi connectivity index (χ1) is 21.8. The minimum atomic E-state index is -3.83. The van der Waals surface area contributed by atoms with E-state index in [0.29, 0.717) is 34.8 Å². The first-order valence-electron chi connectivity index (χ1n) is 15.0. The number of hydrogen-bond donors (Lipinski definition) is 3. The van der Waals surface area contributed by atoms with Gasteiger partial charge in [0, 0.05) is 35.4 Å². The summed E-state index contributed by atoms with van der Waals surface area (Å²) in [5.41, 5.74) is 4.72. The molecular weight excluding hydrogens is 586 g/mol. The summed E-state index contributed by atoms with van der Waals surface area (Å²) in [7, 11) is -2.04. The van der Waals surface area contributed by atoms with Crippen molar-refractivity contribution >= 4 is 55.9 Å². The zero-order valence-electron chi connectivity index (χ0n) is 25.0. The first-order valence-corrected chi connectivity index (χ1v) is 16.5. The Bertz CT molecular complexity index is 1840. The highest BCUT2D eigenvalue weighted by Crippen LogP contribution is 2.39. The predicted octanol–water partition coefficient (Wildman–Crippen LogP) is 5.87. The Morgan fingerprint density at radius 3 is 2.18 bits per heavy atom. The fraction of sp³-hybridized carbons (Fsp3) is 0.200. The smallest absolute Gasteiger partial charge is 0.261 e. The number of nitrogens with zero attached hydrogens (tertiary/aromatic N) is 2. The Balaban J connectivity index is 1.29. The number of sulfonamides is 1. The van der Waals surface area contributed by atoms with Crippen LogP contribution in [0.2, 0.25) is 0 Å². The third-order valence-corrected chi connectivity index (χ3v) is 9.49. The number of likely N-dealkylation sites (N-methyl/N-ethyl adjacent to an activating group) is 1. The van der Waals surface area contributed by atoms with Gasteiger partial charge in [-0.25, -0.2) is 8.42 Å². The van der Waals surface area contributed by atoms with Crippen LogP contribution in [0.4, 0.5) is 22.7 Å². The normalized spacial score (nSPS) is 16.0. The summed E-state index contributed by atoms with van der Waals surface area (Å²) in [5.74, 6) is -0.262. The van der Waals surface area contributed by atoms with Crippen LogP contribution in [0.3, 0.4) is 0 Å². The molecule has 4 aromatic rings. The van der Waals surface area contributed by atoms with E-state index in [4.69, 9.17) is 0 Å². The second-order valence-corrected chi connectivity index (χ2v) is 12.9. The molecule has 10 heteroatoms. The van der Waals surface area contributed by atoms with Crippen LogP contribution in [0.25, 0.3) is 11.3 Å². The summed E-state index contributed by atoms with van der Waals surface area (Å²) >= 11 is 0. The van der Waals surface area contributed by atoms with Crippen molar-refractivity contribution in [2.75, 3.05) is 46.9 Å². The molecule has 0 saturated carbocycles. The van der Waals surface area contributed by atoms with Gasteiger partial charge in [-0.3, -0.25) is 19.2 Å². The maximum absolute atomic E-state index is 13.4. The van der Waals surface area contributed by atoms with Crippen molar-refractivity contribution in [3.63, 3.8) is 0 Å². The number of carbonyl (C=O) groups is 2. The molecule has 1 saturated heterocycles. The molecule has 0 unspecified atom stereocenters. The van der Waals surface area contributed by atoms with Gasteiger partial charge in [0.25, 0.3) is 15.9 Å². The lowest BCUT2D eigenvalue weighted by molar-refractivity contribution is -0.119. The van der Waals surface area contributed by atoms with Crippen molar-refractivity contribution in [1.29, 1.82) is 0 Å². The number of nitrogens with one attached hydrogen (secondary N) is 3. The molecule has 0 bridgehead atoms. The molecule has 2 heterocycles. The monoisotopic (exact) mass is 621 g/mol. The average Bonchev–Trinajstić information content (AvgIpc) is 3.39. The number of hydrogen-bond acceptors (Lipinski definition) is 6. The average molecular weight is 622 g/mol. The van der Waals surface area contributed by atoms with E-state index in [9.17, 15) is 18.0 Å². The highest BCUT2D eigenvalue weighted by atomic mass is 32.2. The molecule has 1 fully saturated rings. The number of anilines is 4. The molecule has 0 aromatic heterocycles. The number of benzene rings is 4. The van der Waals surface area contributed by atoms with Gasteiger partial charge in [-0.15, -0.1) is 0 Å². The highest BCUT2D eigenvalue weighted by molar-refractivity contribution is 7.92. The van der Waals surface area contributed by atoms with Gasteiger partial charge < -0.3 is 15.5 Å². The van der Waals surface area contributed by atoms with Gasteiger partial charge in [-0.1, -0.05) is 55.0 Å². The standard InChI is InChI=1S/C35H35N5O4S/c1-39(32(41)24-40-21-9-4-10-22-40)28-18-15-26(16-19-28)36-34(25-11-5-2-6-12-25)33-30-23-27(17-20-31(30)37-35(33)42)38-45(43,44)29-13-7-3-8-14-29/h2-3,5-8,11-20,23,36,38H,4,9-10,21-22,24H2,1H3,(H,37,42)/b34-33+. The summed E-state index contributed by atoms with van der Waals surface area (Å²) in [6.45, 7) is 2.31. The minimum Gasteiger partial charge on any atom is -0.354 e. The largest absolute Gasteiger partial charge is 0.354 e. The number of amides is 2. The van der Waals surface area contributed by atoms with Gasteiger partial charge in [0.05, 0.1) is 22.7 Å². The number of piperidine rings is 1. The van der Waals surface area contributed by atoms with Crippen LogP contribution in [-0.4, -0.2) is 51.8 Å². The molecule has 0 aliphatic carbocycles. The SMILES string of the molecule is CN(C(=O)CN1CCCCC1)c1ccc(N/C(=C2/C(=O)Nc3ccc(NS(=O)(=O)c4ccccc4)cc32)c2ccccc2)cc1. The lowest BCUT2D eigenvalue weighted by Crippen LogP contribution is -2.40. The van der Waals surface area contributed by atoms with E-state index >= 15 is 0 Å². The van der Waals surface area contributed by atoms with E-state index in [1.54, 1.807) is 48.3 Å². The molecule has 2 amide bonds. The topological polar surface area (TPSA) is 111 Å². The molecule has 0 atom stereocenters. The van der Waals surface area contributed by atoms with Crippen LogP contribution >= 0.6 is 0 Å². The molecule has 3 N–H and O–H groups in total. The molecule has 45 heavy (non-hydrogen) atoms. The van der Waals surface area contributed by atoms with E-state index < -0.39 is 10.0 Å². The van der Waals surface area contributed by atoms with Crippen molar-refractivity contribution < 1.29 is 18.0 Å². The predicted molar refractivity (Wildman–Crippen MR) is 179 cm³/mol. The van der Waals surface area contributed by atoms with E-state index in [-0.39, 0.29) is 16.7 Å². The van der Waals surface area contributed by atoms with Crippen molar-refractivity contribution in [3.8, 4) is 0 Å². The zero-order chi connectivity index (χ0) is 31.4. The van der Waals surface area contributed by atoms with Crippen molar-refractivity contribution in [1.82, 2.24) is 4.90 Å². The fourth-order valence-electron chi connectivity index (χ4n) is 5.65. The molecule has 4 aromatic carbocycles. The van der Waals surface area contributed by atoms with Gasteiger partial charge >= 0.3 is 0 Å². The van der Waals surface area contributed by atoms with Gasteiger partial charge in [-0.2, -0.15) is 0 Å². The third kappa shape index (κ3) is 6.77. The van der Waals surface area contributed by atoms with Crippen LogP contribution in [0.1, 0.15) is 30.4 Å². The lowest BCUT2D eigenvalue weighted by Gasteiger charge is -2.28. The molecule has 2 aliphatic heterocycles. The Labute approximate surface area is 263 Å². The molecule has 0 radical (unpaired) electrons. The molecule has 230 valence electrons. The second-order valence-electron chi connectivity index (χ2n) is 11.2. The number of carbonyl (C=O) groups excluding carboxylic acids is 2.